The van der Waals surface area contributed by atoms with Crippen LogP contribution in [0.4, 0.5) is 0 Å². The molecule has 0 atom stereocenters. The molecule has 0 fully saturated rings. The van der Waals surface area contributed by atoms with Gasteiger partial charge in [-0.1, -0.05) is 0 Å². The summed E-state index contributed by atoms with van der Waals surface area (Å²) < 4.78 is 6.12. The van der Waals surface area contributed by atoms with Crippen molar-refractivity contribution in [3.63, 3.8) is 0 Å². The Kier molecular flexibility index (Phi) is 5.57. The third-order valence-corrected chi connectivity index (χ3v) is 2.11. The van der Waals surface area contributed by atoms with Gasteiger partial charge in [0, 0.05) is 0 Å². The van der Waals surface area contributed by atoms with Gasteiger partial charge < -0.3 is 0 Å². The molecule has 0 spiro atoms. The van der Waals surface area contributed by atoms with Crippen molar-refractivity contribution >= 4 is 4.08 Å². The molecule has 0 aliphatic rings. The predicted molar refractivity (Wildman–Crippen MR) is 31.4 cm³/mol. The molecule has 0 aliphatic heterocycles. The first kappa shape index (κ1) is 8.26. The van der Waals surface area contributed by atoms with Gasteiger partial charge in [-0.3, -0.25) is 0 Å². The first-order chi connectivity index (χ1) is 3.81. The van der Waals surface area contributed by atoms with E-state index in [2.05, 4.69) is 6.58 Å². The Labute approximate surface area is 61.1 Å². The van der Waals surface area contributed by atoms with Crippen LogP contribution in [0.1, 0.15) is 12.8 Å². The van der Waals surface area contributed by atoms with E-state index in [0.717, 1.165) is 16.9 Å². The van der Waals surface area contributed by atoms with E-state index >= 15 is 0 Å². The third kappa shape index (κ3) is 4.42. The van der Waals surface area contributed by atoms with E-state index in [9.17, 15) is 0 Å². The Bertz CT molecular complexity index is 88.5. The molecule has 0 radical (unpaired) electrons. The van der Waals surface area contributed by atoms with E-state index in [4.69, 9.17) is 4.74 Å². The normalized spacial score (nSPS) is 8.62. The van der Waals surface area contributed by atoms with Gasteiger partial charge in [0.1, 0.15) is 0 Å². The number of hydrogen-bond donors (Lipinski definition) is 0. The second kappa shape index (κ2) is 5.40. The van der Waals surface area contributed by atoms with Gasteiger partial charge in [-0.15, -0.1) is 0 Å². The number of methoxy groups -OCH3 is 1. The van der Waals surface area contributed by atoms with Gasteiger partial charge in [0.25, 0.3) is 0 Å². The molecular formula is C6H10OW. The van der Waals surface area contributed by atoms with E-state index in [1.165, 1.54) is 19.4 Å². The van der Waals surface area contributed by atoms with Gasteiger partial charge in [-0.25, -0.2) is 0 Å². The van der Waals surface area contributed by atoms with Crippen molar-refractivity contribution < 1.29 is 24.1 Å². The van der Waals surface area contributed by atoms with Crippen LogP contribution in [0.2, 0.25) is 0 Å². The minimum atomic E-state index is 1.03. The average molecular weight is 282 g/mol. The maximum atomic E-state index is 4.96. The molecular weight excluding hydrogens is 272 g/mol. The molecule has 0 aromatic heterocycles. The van der Waals surface area contributed by atoms with Gasteiger partial charge >= 0.3 is 60.8 Å². The molecule has 0 saturated carbocycles. The molecule has 0 saturated heterocycles. The minimum absolute atomic E-state index is 1.03. The second-order valence-electron chi connectivity index (χ2n) is 1.40. The molecule has 0 aromatic carbocycles. The number of allylic oxidation sites excluding steroid dienone is 1. The van der Waals surface area contributed by atoms with E-state index in [1.54, 1.807) is 7.11 Å². The Hall–Kier alpha value is 0.258. The van der Waals surface area contributed by atoms with Crippen LogP contribution in [0.3, 0.4) is 0 Å². The van der Waals surface area contributed by atoms with Crippen LogP contribution in [-0.4, -0.2) is 11.2 Å². The van der Waals surface area contributed by atoms with Crippen molar-refractivity contribution in [1.82, 2.24) is 0 Å². The summed E-state index contributed by atoms with van der Waals surface area (Å²) in [4.78, 5) is 0. The van der Waals surface area contributed by atoms with Crippen molar-refractivity contribution in [3.8, 4) is 0 Å². The molecule has 0 aliphatic carbocycles. The van der Waals surface area contributed by atoms with Crippen LogP contribution >= 0.6 is 0 Å². The van der Waals surface area contributed by atoms with Crippen molar-refractivity contribution in [2.45, 2.75) is 12.8 Å². The summed E-state index contributed by atoms with van der Waals surface area (Å²) in [6.45, 7) is 3.61. The van der Waals surface area contributed by atoms with Crippen molar-refractivity contribution in [1.29, 1.82) is 0 Å². The van der Waals surface area contributed by atoms with Gasteiger partial charge in [-0.05, 0) is 0 Å². The zero-order valence-electron chi connectivity index (χ0n) is 5.02. The molecule has 1 nitrogen and oxygen atoms in total. The Morgan fingerprint density at radius 2 is 2.50 bits per heavy atom. The summed E-state index contributed by atoms with van der Waals surface area (Å²) in [6, 6.07) is 0. The third-order valence-electron chi connectivity index (χ3n) is 0.780. The maximum absolute atomic E-state index is 4.96. The fourth-order valence-electron chi connectivity index (χ4n) is 0.322. The Morgan fingerprint density at radius 3 is 2.88 bits per heavy atom. The molecule has 0 heterocycles. The first-order valence-electron chi connectivity index (χ1n) is 2.49. The predicted octanol–water partition coefficient (Wildman–Crippen LogP) is 1.28. The van der Waals surface area contributed by atoms with Crippen LogP contribution < -0.4 is 0 Å². The molecule has 2 heteroatoms. The average Bonchev–Trinajstić information content (AvgIpc) is 1.83. The van der Waals surface area contributed by atoms with Crippen LogP contribution in [0.15, 0.2) is 12.7 Å². The van der Waals surface area contributed by atoms with Crippen molar-refractivity contribution in [3.05, 3.63) is 12.7 Å². The van der Waals surface area contributed by atoms with Gasteiger partial charge in [0.2, 0.25) is 0 Å². The Balaban J connectivity index is 3.11. The molecule has 0 rings (SSSR count). The van der Waals surface area contributed by atoms with E-state index in [-0.39, 0.29) is 0 Å². The standard InChI is InChI=1S/C6H10O.W/c1-3-4-5-6-7-2;/h3H,1,4-5H2,2H3;. The summed E-state index contributed by atoms with van der Waals surface area (Å²) in [5, 5.41) is 0. The monoisotopic (exact) mass is 282 g/mol. The summed E-state index contributed by atoms with van der Waals surface area (Å²) in [5.74, 6) is 0. The summed E-state index contributed by atoms with van der Waals surface area (Å²) in [7, 11) is 1.71. The zero-order chi connectivity index (χ0) is 6.41. The van der Waals surface area contributed by atoms with E-state index < -0.39 is 0 Å². The fraction of sp³-hybridized carbons (Fsp3) is 0.500. The molecule has 0 aromatic rings. The van der Waals surface area contributed by atoms with Gasteiger partial charge in [0.15, 0.2) is 0 Å². The van der Waals surface area contributed by atoms with Crippen LogP contribution in [-0.2, 0) is 24.1 Å². The summed E-state index contributed by atoms with van der Waals surface area (Å²) >= 11 is 1.42. The van der Waals surface area contributed by atoms with E-state index in [0.29, 0.717) is 0 Å². The topological polar surface area (TPSA) is 9.23 Å². The van der Waals surface area contributed by atoms with Gasteiger partial charge in [-0.2, -0.15) is 0 Å². The molecule has 0 N–H and O–H groups in total. The first-order valence-corrected chi connectivity index (χ1v) is 3.95. The molecule has 46 valence electrons. The van der Waals surface area contributed by atoms with Gasteiger partial charge in [0.05, 0.1) is 0 Å². The quantitative estimate of drug-likeness (QED) is 0.706. The number of rotatable bonds is 4. The zero-order valence-corrected chi connectivity index (χ0v) is 7.95. The summed E-state index contributed by atoms with van der Waals surface area (Å²) in [6.07, 6.45) is 3.98. The molecule has 8 heavy (non-hydrogen) atoms. The molecule has 0 bridgehead atoms. The second-order valence-corrected chi connectivity index (χ2v) is 3.04. The SMILES string of the molecule is C=CCC[C](=[W])OC. The number of hydrogen-bond acceptors (Lipinski definition) is 1. The van der Waals surface area contributed by atoms with Crippen LogP contribution in [0.25, 0.3) is 0 Å². The van der Waals surface area contributed by atoms with E-state index in [1.807, 2.05) is 6.08 Å². The van der Waals surface area contributed by atoms with Crippen LogP contribution in [0.5, 0.6) is 0 Å². The molecule has 0 unspecified atom stereocenters. The number of ether oxygens (including phenoxy) is 1. The molecule has 0 amide bonds. The Morgan fingerprint density at radius 1 is 1.88 bits per heavy atom. The summed E-state index contributed by atoms with van der Waals surface area (Å²) in [5.41, 5.74) is 0. The van der Waals surface area contributed by atoms with Crippen molar-refractivity contribution in [2.75, 3.05) is 7.11 Å². The van der Waals surface area contributed by atoms with Crippen LogP contribution in [0, 0.1) is 0 Å². The van der Waals surface area contributed by atoms with Crippen molar-refractivity contribution in [2.24, 2.45) is 0 Å². The fourth-order valence-corrected chi connectivity index (χ4v) is 0.745.